The second kappa shape index (κ2) is 14.9. The van der Waals surface area contributed by atoms with Crippen molar-refractivity contribution in [2.24, 2.45) is 0 Å². The van der Waals surface area contributed by atoms with Gasteiger partial charge in [-0.15, -0.1) is 6.58 Å². The van der Waals surface area contributed by atoms with Gasteiger partial charge in [-0.3, -0.25) is 9.59 Å². The van der Waals surface area contributed by atoms with E-state index >= 15 is 0 Å². The summed E-state index contributed by atoms with van der Waals surface area (Å²) in [5, 5.41) is 0. The van der Waals surface area contributed by atoms with E-state index in [1.807, 2.05) is 31.2 Å². The Labute approximate surface area is 140 Å². The first-order valence-corrected chi connectivity index (χ1v) is 7.92. The summed E-state index contributed by atoms with van der Waals surface area (Å²) in [6.07, 6.45) is 5.05. The van der Waals surface area contributed by atoms with E-state index in [2.05, 4.69) is 13.5 Å². The molecule has 1 rings (SSSR count). The fourth-order valence-corrected chi connectivity index (χ4v) is 1.60. The van der Waals surface area contributed by atoms with E-state index in [1.165, 1.54) is 13.8 Å². The average Bonchev–Trinajstić information content (AvgIpc) is 2.45. The van der Waals surface area contributed by atoms with E-state index in [0.29, 0.717) is 12.2 Å². The van der Waals surface area contributed by atoms with Gasteiger partial charge < -0.3 is 4.79 Å². The van der Waals surface area contributed by atoms with Gasteiger partial charge in [-0.2, -0.15) is 0 Å². The Morgan fingerprint density at radius 2 is 1.61 bits per heavy atom. The summed E-state index contributed by atoms with van der Waals surface area (Å²) in [7, 11) is 0. The Hall–Kier alpha value is -2.03. The standard InChI is InChI=1S/C9H10O.C8H14O.C3H6O/c1-7-5-3-4-6-9(7)8(2)10;1-3-5-7-8(9)6-4-2;1-3(2)4/h3-6H,1-2H3;4H,2-3,5-7H2,1H3;1-2H3. The minimum Gasteiger partial charge on any atom is -0.300 e. The fourth-order valence-electron chi connectivity index (χ4n) is 1.60. The molecule has 0 bridgehead atoms. The van der Waals surface area contributed by atoms with Gasteiger partial charge in [0.1, 0.15) is 11.6 Å². The van der Waals surface area contributed by atoms with Crippen molar-refractivity contribution in [1.29, 1.82) is 0 Å². The summed E-state index contributed by atoms with van der Waals surface area (Å²) in [6.45, 7) is 12.2. The van der Waals surface area contributed by atoms with Crippen LogP contribution in [-0.2, 0) is 9.59 Å². The number of carbonyl (C=O) groups is 3. The Morgan fingerprint density at radius 3 is 1.96 bits per heavy atom. The first kappa shape index (κ1) is 23.2. The SMILES string of the molecule is C=CCC(=O)CCCC.CC(=O)c1ccccc1C.CC(C)=O. The molecule has 1 aromatic carbocycles. The molecule has 0 aliphatic rings. The molecule has 0 atom stereocenters. The summed E-state index contributed by atoms with van der Waals surface area (Å²) < 4.78 is 0. The maximum absolute atomic E-state index is 10.9. The number of carbonyl (C=O) groups excluding carboxylic acids is 3. The molecule has 0 heterocycles. The molecule has 0 unspecified atom stereocenters. The Kier molecular flexibility index (Phi) is 15.0. The Bertz CT molecular complexity index is 497. The molecule has 1 aromatic rings. The lowest BCUT2D eigenvalue weighted by molar-refractivity contribution is -0.118. The number of hydrogen-bond acceptors (Lipinski definition) is 3. The molecular weight excluding hydrogens is 288 g/mol. The Balaban J connectivity index is 0. The summed E-state index contributed by atoms with van der Waals surface area (Å²) in [5.41, 5.74) is 1.87. The number of aryl methyl sites for hydroxylation is 1. The minimum atomic E-state index is 0.137. The van der Waals surface area contributed by atoms with Crippen molar-refractivity contribution in [3.63, 3.8) is 0 Å². The number of hydrogen-bond donors (Lipinski definition) is 0. The van der Waals surface area contributed by atoms with E-state index in [-0.39, 0.29) is 11.6 Å². The number of Topliss-reactive ketones (excluding diaryl/α,β-unsaturated/α-hetero) is 3. The lowest BCUT2D eigenvalue weighted by Gasteiger charge is -1.97. The molecule has 0 saturated carbocycles. The van der Waals surface area contributed by atoms with Crippen LogP contribution < -0.4 is 0 Å². The van der Waals surface area contributed by atoms with Gasteiger partial charge in [0.25, 0.3) is 0 Å². The molecule has 0 radical (unpaired) electrons. The lowest BCUT2D eigenvalue weighted by atomic mass is 10.1. The summed E-state index contributed by atoms with van der Waals surface area (Å²) >= 11 is 0. The van der Waals surface area contributed by atoms with Crippen LogP contribution in [0.15, 0.2) is 36.9 Å². The third-order valence-corrected chi connectivity index (χ3v) is 2.71. The van der Waals surface area contributed by atoms with Crippen LogP contribution in [0.4, 0.5) is 0 Å². The first-order chi connectivity index (χ1) is 10.8. The summed E-state index contributed by atoms with van der Waals surface area (Å²) in [4.78, 5) is 31.0. The fraction of sp³-hybridized carbons (Fsp3) is 0.450. The second-order valence-corrected chi connectivity index (χ2v) is 5.41. The third kappa shape index (κ3) is 16.2. The lowest BCUT2D eigenvalue weighted by Crippen LogP contribution is -1.93. The van der Waals surface area contributed by atoms with Crippen LogP contribution in [-0.4, -0.2) is 17.3 Å². The van der Waals surface area contributed by atoms with Gasteiger partial charge in [-0.1, -0.05) is 43.7 Å². The highest BCUT2D eigenvalue weighted by atomic mass is 16.1. The van der Waals surface area contributed by atoms with Crippen molar-refractivity contribution >= 4 is 17.3 Å². The smallest absolute Gasteiger partial charge is 0.160 e. The van der Waals surface area contributed by atoms with Crippen LogP contribution in [0, 0.1) is 6.92 Å². The molecule has 3 nitrogen and oxygen atoms in total. The second-order valence-electron chi connectivity index (χ2n) is 5.41. The molecule has 0 aromatic heterocycles. The number of allylic oxidation sites excluding steroid dienone is 1. The Morgan fingerprint density at radius 1 is 1.09 bits per heavy atom. The van der Waals surface area contributed by atoms with Crippen molar-refractivity contribution in [3.8, 4) is 0 Å². The third-order valence-electron chi connectivity index (χ3n) is 2.71. The molecule has 0 aliphatic carbocycles. The van der Waals surface area contributed by atoms with Crippen LogP contribution in [0.3, 0.4) is 0 Å². The normalized spacial score (nSPS) is 8.74. The van der Waals surface area contributed by atoms with Gasteiger partial charge in [-0.25, -0.2) is 0 Å². The zero-order valence-electron chi connectivity index (χ0n) is 15.1. The van der Waals surface area contributed by atoms with Crippen LogP contribution in [0.5, 0.6) is 0 Å². The number of unbranched alkanes of at least 4 members (excludes halogenated alkanes) is 1. The predicted octanol–water partition coefficient (Wildman–Crippen LogP) is 5.11. The van der Waals surface area contributed by atoms with Crippen molar-refractivity contribution in [1.82, 2.24) is 0 Å². The first-order valence-electron chi connectivity index (χ1n) is 7.92. The van der Waals surface area contributed by atoms with Crippen LogP contribution >= 0.6 is 0 Å². The molecule has 0 N–H and O–H groups in total. The van der Waals surface area contributed by atoms with E-state index in [1.54, 1.807) is 13.0 Å². The monoisotopic (exact) mass is 318 g/mol. The van der Waals surface area contributed by atoms with Gasteiger partial charge in [-0.05, 0) is 39.7 Å². The minimum absolute atomic E-state index is 0.137. The van der Waals surface area contributed by atoms with Crippen molar-refractivity contribution < 1.29 is 14.4 Å². The maximum Gasteiger partial charge on any atom is 0.160 e. The average molecular weight is 318 g/mol. The molecule has 0 amide bonds. The number of rotatable bonds is 6. The highest BCUT2D eigenvalue weighted by Crippen LogP contribution is 2.06. The van der Waals surface area contributed by atoms with Gasteiger partial charge in [0.05, 0.1) is 0 Å². The molecule has 0 spiro atoms. The van der Waals surface area contributed by atoms with E-state index in [4.69, 9.17) is 0 Å². The van der Waals surface area contributed by atoms with Crippen LogP contribution in [0.1, 0.15) is 69.3 Å². The maximum atomic E-state index is 10.9. The van der Waals surface area contributed by atoms with Gasteiger partial charge in [0.15, 0.2) is 5.78 Å². The number of ketones is 3. The number of benzene rings is 1. The molecular formula is C20H30O3. The van der Waals surface area contributed by atoms with Gasteiger partial charge in [0, 0.05) is 18.4 Å². The zero-order chi connectivity index (χ0) is 18.3. The quantitative estimate of drug-likeness (QED) is 0.540. The van der Waals surface area contributed by atoms with Gasteiger partial charge >= 0.3 is 0 Å². The zero-order valence-corrected chi connectivity index (χ0v) is 15.1. The van der Waals surface area contributed by atoms with E-state index in [9.17, 15) is 14.4 Å². The molecule has 3 heteroatoms. The van der Waals surface area contributed by atoms with Crippen molar-refractivity contribution in [2.75, 3.05) is 0 Å². The highest BCUT2D eigenvalue weighted by Gasteiger charge is 1.99. The molecule has 23 heavy (non-hydrogen) atoms. The highest BCUT2D eigenvalue weighted by molar-refractivity contribution is 5.95. The van der Waals surface area contributed by atoms with E-state index < -0.39 is 0 Å². The predicted molar refractivity (Wildman–Crippen MR) is 96.9 cm³/mol. The van der Waals surface area contributed by atoms with Crippen LogP contribution in [0.2, 0.25) is 0 Å². The summed E-state index contributed by atoms with van der Waals surface area (Å²) in [5.74, 6) is 0.616. The van der Waals surface area contributed by atoms with Crippen LogP contribution in [0.25, 0.3) is 0 Å². The summed E-state index contributed by atoms with van der Waals surface area (Å²) in [6, 6.07) is 7.60. The van der Waals surface area contributed by atoms with Gasteiger partial charge in [0.2, 0.25) is 0 Å². The molecule has 0 fully saturated rings. The molecule has 0 saturated heterocycles. The van der Waals surface area contributed by atoms with Crippen molar-refractivity contribution in [3.05, 3.63) is 48.0 Å². The largest absolute Gasteiger partial charge is 0.300 e. The van der Waals surface area contributed by atoms with E-state index in [0.717, 1.165) is 30.4 Å². The molecule has 0 aliphatic heterocycles. The topological polar surface area (TPSA) is 51.2 Å². The molecule has 128 valence electrons. The van der Waals surface area contributed by atoms with Crippen molar-refractivity contribution in [2.45, 2.75) is 60.3 Å².